The van der Waals surface area contributed by atoms with E-state index in [2.05, 4.69) is 37.1 Å². The van der Waals surface area contributed by atoms with Gasteiger partial charge >= 0.3 is 0 Å². The third-order valence-corrected chi connectivity index (χ3v) is 5.41. The Bertz CT molecular complexity index is 473. The van der Waals surface area contributed by atoms with Gasteiger partial charge in [-0.05, 0) is 46.6 Å². The summed E-state index contributed by atoms with van der Waals surface area (Å²) in [6, 6.07) is 3.25. The van der Waals surface area contributed by atoms with Crippen molar-refractivity contribution >= 4 is 0 Å². The quantitative estimate of drug-likeness (QED) is 0.895. The molecule has 1 saturated carbocycles. The summed E-state index contributed by atoms with van der Waals surface area (Å²) < 4.78 is 5.74. The minimum Gasteiger partial charge on any atom is -0.466 e. The lowest BCUT2D eigenvalue weighted by Crippen LogP contribution is -2.62. The molecule has 0 radical (unpaired) electrons. The molecule has 1 spiro atoms. The van der Waals surface area contributed by atoms with Gasteiger partial charge in [-0.2, -0.15) is 0 Å². The zero-order valence-corrected chi connectivity index (χ0v) is 13.3. The zero-order chi connectivity index (χ0) is 14.3. The molecule has 20 heavy (non-hydrogen) atoms. The van der Waals surface area contributed by atoms with Gasteiger partial charge in [0.15, 0.2) is 0 Å². The molecule has 2 unspecified atom stereocenters. The number of nitrogens with one attached hydrogen (secondary N) is 1. The van der Waals surface area contributed by atoms with Gasteiger partial charge in [0.25, 0.3) is 0 Å². The average molecular weight is 276 g/mol. The van der Waals surface area contributed by atoms with Gasteiger partial charge in [-0.25, -0.2) is 0 Å². The van der Waals surface area contributed by atoms with Crippen LogP contribution in [-0.4, -0.2) is 29.6 Å². The van der Waals surface area contributed by atoms with Crippen LogP contribution >= 0.6 is 0 Å². The number of nitrogens with zero attached hydrogens (tertiary/aromatic N) is 1. The standard InChI is InChI=1S/C17H28N2O/c1-12-10-18-17(7-5-6-8-17)11-19(12)14(3)16-9-13(2)20-15(16)4/h9,12,14,18H,5-8,10-11H2,1-4H3. The van der Waals surface area contributed by atoms with E-state index in [-0.39, 0.29) is 0 Å². The topological polar surface area (TPSA) is 28.4 Å². The van der Waals surface area contributed by atoms with Crippen molar-refractivity contribution in [1.29, 1.82) is 0 Å². The summed E-state index contributed by atoms with van der Waals surface area (Å²) in [5, 5.41) is 3.84. The second-order valence-corrected chi connectivity index (χ2v) is 6.93. The van der Waals surface area contributed by atoms with Crippen molar-refractivity contribution in [1.82, 2.24) is 10.2 Å². The SMILES string of the molecule is Cc1cc(C(C)N2CC3(CCCC3)NCC2C)c(C)o1. The monoisotopic (exact) mass is 276 g/mol. The van der Waals surface area contributed by atoms with Crippen molar-refractivity contribution in [3.63, 3.8) is 0 Å². The van der Waals surface area contributed by atoms with Crippen LogP contribution in [0.2, 0.25) is 0 Å². The van der Waals surface area contributed by atoms with E-state index in [1.54, 1.807) is 0 Å². The summed E-state index contributed by atoms with van der Waals surface area (Å²) in [5.41, 5.74) is 1.75. The molecule has 0 aromatic carbocycles. The number of furan rings is 1. The van der Waals surface area contributed by atoms with E-state index in [4.69, 9.17) is 4.42 Å². The fourth-order valence-corrected chi connectivity index (χ4v) is 4.19. The first kappa shape index (κ1) is 14.2. The van der Waals surface area contributed by atoms with Crippen molar-refractivity contribution in [2.24, 2.45) is 0 Å². The number of rotatable bonds is 2. The van der Waals surface area contributed by atoms with E-state index in [1.807, 2.05) is 6.92 Å². The molecule has 0 bridgehead atoms. The fourth-order valence-electron chi connectivity index (χ4n) is 4.19. The van der Waals surface area contributed by atoms with Gasteiger partial charge in [0, 0.05) is 36.3 Å². The molecule has 2 heterocycles. The molecule has 1 saturated heterocycles. The smallest absolute Gasteiger partial charge is 0.105 e. The maximum absolute atomic E-state index is 5.74. The molecule has 3 rings (SSSR count). The third-order valence-electron chi connectivity index (χ3n) is 5.41. The summed E-state index contributed by atoms with van der Waals surface area (Å²) in [6.07, 6.45) is 5.44. The van der Waals surface area contributed by atoms with Crippen LogP contribution < -0.4 is 5.32 Å². The molecule has 1 aliphatic carbocycles. The van der Waals surface area contributed by atoms with Crippen LogP contribution in [0.1, 0.15) is 62.7 Å². The lowest BCUT2D eigenvalue weighted by atomic mass is 9.90. The Labute approximate surface area is 122 Å². The van der Waals surface area contributed by atoms with Crippen LogP contribution in [0.4, 0.5) is 0 Å². The molecule has 2 atom stereocenters. The largest absolute Gasteiger partial charge is 0.466 e. The lowest BCUT2D eigenvalue weighted by Gasteiger charge is -2.47. The average Bonchev–Trinajstić information content (AvgIpc) is 2.99. The van der Waals surface area contributed by atoms with Crippen molar-refractivity contribution < 1.29 is 4.42 Å². The Morgan fingerprint density at radius 1 is 1.35 bits per heavy atom. The first-order valence-corrected chi connectivity index (χ1v) is 8.08. The van der Waals surface area contributed by atoms with Crippen LogP contribution in [0.25, 0.3) is 0 Å². The Balaban J connectivity index is 1.81. The van der Waals surface area contributed by atoms with Gasteiger partial charge < -0.3 is 9.73 Å². The Hall–Kier alpha value is -0.800. The summed E-state index contributed by atoms with van der Waals surface area (Å²) in [5.74, 6) is 2.11. The van der Waals surface area contributed by atoms with Gasteiger partial charge in [0.1, 0.15) is 11.5 Å². The molecule has 3 nitrogen and oxygen atoms in total. The number of piperazine rings is 1. The maximum Gasteiger partial charge on any atom is 0.105 e. The minimum atomic E-state index is 0.382. The predicted octanol–water partition coefficient (Wildman–Crippen LogP) is 3.56. The van der Waals surface area contributed by atoms with Crippen molar-refractivity contribution in [3.05, 3.63) is 23.2 Å². The van der Waals surface area contributed by atoms with Gasteiger partial charge in [0.2, 0.25) is 0 Å². The predicted molar refractivity (Wildman–Crippen MR) is 82.0 cm³/mol. The van der Waals surface area contributed by atoms with Gasteiger partial charge in [-0.1, -0.05) is 12.8 Å². The first-order chi connectivity index (χ1) is 9.51. The molecule has 2 fully saturated rings. The summed E-state index contributed by atoms with van der Waals surface area (Å²) >= 11 is 0. The summed E-state index contributed by atoms with van der Waals surface area (Å²) in [7, 11) is 0. The Morgan fingerprint density at radius 3 is 2.65 bits per heavy atom. The lowest BCUT2D eigenvalue weighted by molar-refractivity contribution is 0.0558. The normalized spacial score (nSPS) is 28.1. The zero-order valence-electron chi connectivity index (χ0n) is 13.3. The third kappa shape index (κ3) is 2.42. The highest BCUT2D eigenvalue weighted by Crippen LogP contribution is 2.37. The second-order valence-electron chi connectivity index (χ2n) is 6.93. The van der Waals surface area contributed by atoms with E-state index in [1.165, 1.54) is 37.8 Å². The fraction of sp³-hybridized carbons (Fsp3) is 0.765. The van der Waals surface area contributed by atoms with Crippen LogP contribution in [0.3, 0.4) is 0 Å². The summed E-state index contributed by atoms with van der Waals surface area (Å²) in [4.78, 5) is 2.68. The Kier molecular flexibility index (Phi) is 3.67. The van der Waals surface area contributed by atoms with Crippen LogP contribution in [0.5, 0.6) is 0 Å². The number of hydrogen-bond donors (Lipinski definition) is 1. The van der Waals surface area contributed by atoms with E-state index >= 15 is 0 Å². The Morgan fingerprint density at radius 2 is 2.05 bits per heavy atom. The molecule has 0 amide bonds. The second kappa shape index (κ2) is 5.19. The van der Waals surface area contributed by atoms with Crippen LogP contribution in [0.15, 0.2) is 10.5 Å². The minimum absolute atomic E-state index is 0.382. The van der Waals surface area contributed by atoms with Crippen LogP contribution in [-0.2, 0) is 0 Å². The van der Waals surface area contributed by atoms with Crippen molar-refractivity contribution in [2.45, 2.75) is 71.0 Å². The van der Waals surface area contributed by atoms with E-state index in [0.717, 1.165) is 18.1 Å². The molecule has 1 N–H and O–H groups in total. The highest BCUT2D eigenvalue weighted by molar-refractivity contribution is 5.24. The maximum atomic E-state index is 5.74. The molecule has 1 aliphatic heterocycles. The highest BCUT2D eigenvalue weighted by atomic mass is 16.3. The van der Waals surface area contributed by atoms with Gasteiger partial charge in [0.05, 0.1) is 0 Å². The molecule has 1 aromatic heterocycles. The van der Waals surface area contributed by atoms with Crippen molar-refractivity contribution in [2.75, 3.05) is 13.1 Å². The number of hydrogen-bond acceptors (Lipinski definition) is 3. The number of aryl methyl sites for hydroxylation is 2. The van der Waals surface area contributed by atoms with Crippen molar-refractivity contribution in [3.8, 4) is 0 Å². The molecule has 2 aliphatic rings. The molecular weight excluding hydrogens is 248 g/mol. The van der Waals surface area contributed by atoms with E-state index in [0.29, 0.717) is 17.6 Å². The first-order valence-electron chi connectivity index (χ1n) is 8.08. The van der Waals surface area contributed by atoms with Crippen LogP contribution in [0, 0.1) is 13.8 Å². The molecule has 3 heteroatoms. The summed E-state index contributed by atoms with van der Waals surface area (Å²) in [6.45, 7) is 11.1. The van der Waals surface area contributed by atoms with E-state index < -0.39 is 0 Å². The molecular formula is C17H28N2O. The molecule has 1 aromatic rings. The molecule has 112 valence electrons. The van der Waals surface area contributed by atoms with Gasteiger partial charge in [-0.3, -0.25) is 4.90 Å². The highest BCUT2D eigenvalue weighted by Gasteiger charge is 2.41. The van der Waals surface area contributed by atoms with Gasteiger partial charge in [-0.15, -0.1) is 0 Å². The van der Waals surface area contributed by atoms with E-state index in [9.17, 15) is 0 Å².